The van der Waals surface area contributed by atoms with Crippen LogP contribution >= 0.6 is 15.9 Å². The van der Waals surface area contributed by atoms with E-state index in [1.54, 1.807) is 12.1 Å². The molecule has 0 bridgehead atoms. The molecule has 0 heterocycles. The smallest absolute Gasteiger partial charge is 0.144 e. The minimum Gasteiger partial charge on any atom is -0.591 e. The molecule has 1 aromatic carbocycles. The average molecular weight is 306 g/mol. The van der Waals surface area contributed by atoms with Gasteiger partial charge in [-0.2, -0.15) is 0 Å². The average Bonchev–Trinajstić information content (AvgIpc) is 2.17. The van der Waals surface area contributed by atoms with Crippen LogP contribution in [0.25, 0.3) is 0 Å². The van der Waals surface area contributed by atoms with E-state index in [1.807, 2.05) is 20.8 Å². The van der Waals surface area contributed by atoms with Crippen LogP contribution in [0.3, 0.4) is 0 Å². The minimum absolute atomic E-state index is 0.326. The van der Waals surface area contributed by atoms with Gasteiger partial charge in [-0.25, -0.2) is 4.39 Å². The molecule has 0 aromatic heterocycles. The molecule has 0 aliphatic rings. The molecule has 0 saturated carbocycles. The SMILES string of the molecule is CC(C)(C)[S+]([O-])/N=C/c1cc(Br)ccc1F. The van der Waals surface area contributed by atoms with Crippen molar-refractivity contribution in [3.8, 4) is 0 Å². The fourth-order valence-corrected chi connectivity index (χ4v) is 1.78. The molecule has 5 heteroatoms. The summed E-state index contributed by atoms with van der Waals surface area (Å²) in [6.07, 6.45) is 1.31. The van der Waals surface area contributed by atoms with Crippen molar-refractivity contribution in [2.24, 2.45) is 4.40 Å². The van der Waals surface area contributed by atoms with Crippen molar-refractivity contribution in [2.45, 2.75) is 25.5 Å². The van der Waals surface area contributed by atoms with E-state index in [-0.39, 0.29) is 5.82 Å². The van der Waals surface area contributed by atoms with Crippen LogP contribution < -0.4 is 0 Å². The summed E-state index contributed by atoms with van der Waals surface area (Å²) in [4.78, 5) is 0. The van der Waals surface area contributed by atoms with Crippen LogP contribution in [-0.4, -0.2) is 15.5 Å². The highest BCUT2D eigenvalue weighted by Crippen LogP contribution is 2.18. The van der Waals surface area contributed by atoms with Gasteiger partial charge in [-0.05, 0) is 39.0 Å². The Morgan fingerprint density at radius 3 is 2.62 bits per heavy atom. The zero-order valence-corrected chi connectivity index (χ0v) is 11.7. The van der Waals surface area contributed by atoms with Crippen LogP contribution in [0.5, 0.6) is 0 Å². The molecule has 1 aromatic rings. The third kappa shape index (κ3) is 3.88. The van der Waals surface area contributed by atoms with E-state index in [9.17, 15) is 8.94 Å². The molecule has 16 heavy (non-hydrogen) atoms. The summed E-state index contributed by atoms with van der Waals surface area (Å²) in [6, 6.07) is 4.54. The zero-order valence-electron chi connectivity index (χ0n) is 9.33. The van der Waals surface area contributed by atoms with E-state index >= 15 is 0 Å². The summed E-state index contributed by atoms with van der Waals surface area (Å²) in [5.41, 5.74) is 0.326. The summed E-state index contributed by atoms with van der Waals surface area (Å²) < 4.78 is 29.1. The Morgan fingerprint density at radius 2 is 2.06 bits per heavy atom. The van der Waals surface area contributed by atoms with Gasteiger partial charge in [0.1, 0.15) is 21.9 Å². The lowest BCUT2D eigenvalue weighted by atomic mass is 10.2. The van der Waals surface area contributed by atoms with Gasteiger partial charge in [-0.3, -0.25) is 0 Å². The topological polar surface area (TPSA) is 35.4 Å². The summed E-state index contributed by atoms with van der Waals surface area (Å²) in [5, 5.41) is 0. The first kappa shape index (κ1) is 13.7. The van der Waals surface area contributed by atoms with Crippen LogP contribution in [0.1, 0.15) is 26.3 Å². The number of hydrogen-bond donors (Lipinski definition) is 0. The number of hydrogen-bond acceptors (Lipinski definition) is 2. The Kier molecular flexibility index (Phi) is 4.52. The Bertz CT molecular complexity index is 403. The predicted octanol–water partition coefficient (Wildman–Crippen LogP) is 3.47. The molecule has 1 atom stereocenters. The summed E-state index contributed by atoms with van der Waals surface area (Å²) in [5.74, 6) is -0.377. The maximum atomic E-state index is 13.3. The van der Waals surface area contributed by atoms with Gasteiger partial charge in [0.15, 0.2) is 0 Å². The van der Waals surface area contributed by atoms with Gasteiger partial charge in [0.2, 0.25) is 0 Å². The predicted molar refractivity (Wildman–Crippen MR) is 69.6 cm³/mol. The molecule has 0 spiro atoms. The molecule has 0 aliphatic carbocycles. The second-order valence-corrected chi connectivity index (χ2v) is 7.11. The first-order valence-electron chi connectivity index (χ1n) is 4.72. The minimum atomic E-state index is -1.37. The Hall–Kier alpha value is -0.390. The third-order valence-electron chi connectivity index (χ3n) is 1.77. The highest BCUT2D eigenvalue weighted by Gasteiger charge is 2.25. The lowest BCUT2D eigenvalue weighted by Gasteiger charge is -2.17. The second-order valence-electron chi connectivity index (χ2n) is 4.26. The Balaban J connectivity index is 2.88. The molecule has 0 saturated heterocycles. The lowest BCUT2D eigenvalue weighted by Crippen LogP contribution is -2.25. The molecular weight excluding hydrogens is 293 g/mol. The maximum Gasteiger partial charge on any atom is 0.144 e. The Morgan fingerprint density at radius 1 is 1.44 bits per heavy atom. The molecule has 2 nitrogen and oxygen atoms in total. The van der Waals surface area contributed by atoms with Crippen molar-refractivity contribution in [3.63, 3.8) is 0 Å². The molecule has 1 unspecified atom stereocenters. The number of halogens is 2. The fourth-order valence-electron chi connectivity index (χ4n) is 0.876. The normalized spacial score (nSPS) is 14.4. The van der Waals surface area contributed by atoms with Crippen LogP contribution in [-0.2, 0) is 11.4 Å². The van der Waals surface area contributed by atoms with Crippen molar-refractivity contribution in [1.29, 1.82) is 0 Å². The second kappa shape index (κ2) is 5.29. The summed E-state index contributed by atoms with van der Waals surface area (Å²) >= 11 is 1.87. The van der Waals surface area contributed by atoms with Gasteiger partial charge in [0, 0.05) is 10.0 Å². The first-order chi connectivity index (χ1) is 7.30. The van der Waals surface area contributed by atoms with Crippen molar-refractivity contribution in [2.75, 3.05) is 0 Å². The zero-order chi connectivity index (χ0) is 12.3. The standard InChI is InChI=1S/C11H13BrFNOS/c1-11(2,3)16(15)14-7-8-6-9(12)4-5-10(8)13/h4-7H,1-3H3/b14-7+. The van der Waals surface area contributed by atoms with Crippen LogP contribution in [0.15, 0.2) is 27.1 Å². The number of benzene rings is 1. The highest BCUT2D eigenvalue weighted by atomic mass is 79.9. The van der Waals surface area contributed by atoms with E-state index < -0.39 is 16.1 Å². The van der Waals surface area contributed by atoms with Crippen molar-refractivity contribution in [1.82, 2.24) is 0 Å². The van der Waals surface area contributed by atoms with Crippen molar-refractivity contribution in [3.05, 3.63) is 34.1 Å². The Labute approximate surface area is 106 Å². The van der Waals surface area contributed by atoms with E-state index in [1.165, 1.54) is 12.3 Å². The molecule has 0 radical (unpaired) electrons. The van der Waals surface area contributed by atoms with Gasteiger partial charge in [0.25, 0.3) is 0 Å². The largest absolute Gasteiger partial charge is 0.591 e. The monoisotopic (exact) mass is 305 g/mol. The highest BCUT2D eigenvalue weighted by molar-refractivity contribution is 9.10. The van der Waals surface area contributed by atoms with Gasteiger partial charge in [-0.15, -0.1) is 0 Å². The number of rotatable bonds is 2. The van der Waals surface area contributed by atoms with Crippen LogP contribution in [0, 0.1) is 5.82 Å². The molecule has 88 valence electrons. The molecular formula is C11H13BrFNOS. The molecule has 0 N–H and O–H groups in total. The van der Waals surface area contributed by atoms with E-state index in [2.05, 4.69) is 20.3 Å². The van der Waals surface area contributed by atoms with Gasteiger partial charge >= 0.3 is 0 Å². The summed E-state index contributed by atoms with van der Waals surface area (Å²) in [7, 11) is 0. The summed E-state index contributed by atoms with van der Waals surface area (Å²) in [6.45, 7) is 5.45. The maximum absolute atomic E-state index is 13.3. The van der Waals surface area contributed by atoms with E-state index in [4.69, 9.17) is 0 Å². The van der Waals surface area contributed by atoms with Gasteiger partial charge in [0.05, 0.1) is 6.21 Å². The lowest BCUT2D eigenvalue weighted by molar-refractivity contribution is 0.561. The van der Waals surface area contributed by atoms with Crippen molar-refractivity contribution < 1.29 is 8.94 Å². The first-order valence-corrected chi connectivity index (χ1v) is 6.62. The quantitative estimate of drug-likeness (QED) is 0.608. The van der Waals surface area contributed by atoms with E-state index in [0.717, 1.165) is 4.47 Å². The molecule has 0 fully saturated rings. The van der Waals surface area contributed by atoms with Gasteiger partial charge < -0.3 is 4.55 Å². The number of nitrogens with zero attached hydrogens (tertiary/aromatic N) is 1. The molecule has 0 aliphatic heterocycles. The fraction of sp³-hybridized carbons (Fsp3) is 0.364. The third-order valence-corrected chi connectivity index (χ3v) is 3.61. The van der Waals surface area contributed by atoms with E-state index in [0.29, 0.717) is 5.56 Å². The van der Waals surface area contributed by atoms with Gasteiger partial charge in [-0.1, -0.05) is 20.3 Å². The molecule has 0 amide bonds. The van der Waals surface area contributed by atoms with Crippen LogP contribution in [0.4, 0.5) is 4.39 Å². The van der Waals surface area contributed by atoms with Crippen LogP contribution in [0.2, 0.25) is 0 Å². The van der Waals surface area contributed by atoms with Crippen molar-refractivity contribution >= 4 is 33.5 Å². The molecule has 1 rings (SSSR count).